The van der Waals surface area contributed by atoms with Crippen LogP contribution in [0.25, 0.3) is 0 Å². The maximum absolute atomic E-state index is 12.3. The zero-order valence-electron chi connectivity index (χ0n) is 13.2. The van der Waals surface area contributed by atoms with Crippen molar-refractivity contribution < 1.29 is 9.53 Å². The second kappa shape index (κ2) is 7.48. The van der Waals surface area contributed by atoms with E-state index in [1.165, 1.54) is 4.88 Å². The summed E-state index contributed by atoms with van der Waals surface area (Å²) in [6.07, 6.45) is 0. The summed E-state index contributed by atoms with van der Waals surface area (Å²) in [6, 6.07) is 11.6. The normalized spacial score (nSPS) is 15.4. The Kier molecular flexibility index (Phi) is 5.15. The molecule has 1 fully saturated rings. The monoisotopic (exact) mass is 331 g/mol. The molecule has 1 saturated heterocycles. The fourth-order valence-electron chi connectivity index (χ4n) is 2.64. The minimum Gasteiger partial charge on any atom is -0.497 e. The van der Waals surface area contributed by atoms with Crippen molar-refractivity contribution in [3.8, 4) is 5.75 Å². The van der Waals surface area contributed by atoms with Gasteiger partial charge in [-0.2, -0.15) is 0 Å². The van der Waals surface area contributed by atoms with E-state index in [4.69, 9.17) is 4.74 Å². The third-order valence-corrected chi connectivity index (χ3v) is 4.80. The van der Waals surface area contributed by atoms with E-state index in [1.807, 2.05) is 29.2 Å². The number of anilines is 1. The highest BCUT2D eigenvalue weighted by Gasteiger charge is 2.21. The highest BCUT2D eigenvalue weighted by atomic mass is 32.1. The van der Waals surface area contributed by atoms with Crippen LogP contribution in [0.4, 0.5) is 10.5 Å². The molecule has 6 heteroatoms. The fourth-order valence-corrected chi connectivity index (χ4v) is 3.38. The Morgan fingerprint density at radius 2 is 2.04 bits per heavy atom. The second-order valence-corrected chi connectivity index (χ2v) is 6.54. The summed E-state index contributed by atoms with van der Waals surface area (Å²) in [7, 11) is 1.62. The van der Waals surface area contributed by atoms with Gasteiger partial charge < -0.3 is 15.0 Å². The first-order chi connectivity index (χ1) is 11.2. The second-order valence-electron chi connectivity index (χ2n) is 5.50. The predicted molar refractivity (Wildman–Crippen MR) is 93.2 cm³/mol. The topological polar surface area (TPSA) is 44.8 Å². The van der Waals surface area contributed by atoms with Crippen LogP contribution in [-0.2, 0) is 6.54 Å². The molecule has 1 N–H and O–H groups in total. The van der Waals surface area contributed by atoms with Gasteiger partial charge in [-0.3, -0.25) is 4.90 Å². The first kappa shape index (κ1) is 15.8. The predicted octanol–water partition coefficient (Wildman–Crippen LogP) is 3.11. The lowest BCUT2D eigenvalue weighted by molar-refractivity contribution is 0.143. The lowest BCUT2D eigenvalue weighted by Crippen LogP contribution is -2.49. The van der Waals surface area contributed by atoms with Crippen LogP contribution in [0.5, 0.6) is 5.75 Å². The van der Waals surface area contributed by atoms with Crippen molar-refractivity contribution in [2.24, 2.45) is 0 Å². The van der Waals surface area contributed by atoms with Gasteiger partial charge in [-0.1, -0.05) is 12.1 Å². The van der Waals surface area contributed by atoms with Crippen LogP contribution in [-0.4, -0.2) is 49.1 Å². The van der Waals surface area contributed by atoms with E-state index < -0.39 is 0 Å². The number of carbonyl (C=O) groups excluding carboxylic acids is 1. The van der Waals surface area contributed by atoms with Crippen LogP contribution in [0.1, 0.15) is 4.88 Å². The highest BCUT2D eigenvalue weighted by molar-refractivity contribution is 7.09. The van der Waals surface area contributed by atoms with E-state index >= 15 is 0 Å². The number of amides is 2. The molecule has 1 aliphatic heterocycles. The van der Waals surface area contributed by atoms with Gasteiger partial charge in [-0.15, -0.1) is 11.3 Å². The number of hydrogen-bond acceptors (Lipinski definition) is 4. The Morgan fingerprint density at radius 3 is 2.74 bits per heavy atom. The highest BCUT2D eigenvalue weighted by Crippen LogP contribution is 2.18. The van der Waals surface area contributed by atoms with Gasteiger partial charge in [0.05, 0.1) is 7.11 Å². The van der Waals surface area contributed by atoms with Gasteiger partial charge in [0.1, 0.15) is 5.75 Å². The molecule has 122 valence electrons. The molecular weight excluding hydrogens is 310 g/mol. The Labute approximate surface area is 140 Å². The molecule has 2 amide bonds. The number of ether oxygens (including phenoxy) is 1. The van der Waals surface area contributed by atoms with Gasteiger partial charge >= 0.3 is 6.03 Å². The number of carbonyl (C=O) groups is 1. The Hall–Kier alpha value is -2.05. The molecule has 1 aromatic heterocycles. The van der Waals surface area contributed by atoms with Crippen molar-refractivity contribution in [3.05, 3.63) is 46.7 Å². The molecule has 5 nitrogen and oxygen atoms in total. The maximum Gasteiger partial charge on any atom is 0.321 e. The summed E-state index contributed by atoms with van der Waals surface area (Å²) in [5, 5.41) is 5.04. The Morgan fingerprint density at radius 1 is 1.22 bits per heavy atom. The number of piperazine rings is 1. The summed E-state index contributed by atoms with van der Waals surface area (Å²) in [5.74, 6) is 0.739. The number of methoxy groups -OCH3 is 1. The number of rotatable bonds is 4. The molecule has 23 heavy (non-hydrogen) atoms. The van der Waals surface area contributed by atoms with Gasteiger partial charge in [0, 0.05) is 49.4 Å². The molecule has 0 saturated carbocycles. The number of benzene rings is 1. The summed E-state index contributed by atoms with van der Waals surface area (Å²) in [6.45, 7) is 4.29. The van der Waals surface area contributed by atoms with E-state index in [1.54, 1.807) is 18.4 Å². The molecule has 0 atom stereocenters. The van der Waals surface area contributed by atoms with E-state index in [9.17, 15) is 4.79 Å². The molecule has 1 aromatic carbocycles. The van der Waals surface area contributed by atoms with E-state index in [0.717, 1.165) is 44.2 Å². The average Bonchev–Trinajstić information content (AvgIpc) is 3.08. The van der Waals surface area contributed by atoms with Crippen LogP contribution in [0.2, 0.25) is 0 Å². The van der Waals surface area contributed by atoms with Crippen LogP contribution in [0.3, 0.4) is 0 Å². The van der Waals surface area contributed by atoms with Crippen LogP contribution in [0.15, 0.2) is 41.8 Å². The molecule has 0 spiro atoms. The van der Waals surface area contributed by atoms with Gasteiger partial charge in [0.15, 0.2) is 0 Å². The Balaban J connectivity index is 1.49. The third kappa shape index (κ3) is 4.24. The van der Waals surface area contributed by atoms with Gasteiger partial charge in [-0.25, -0.2) is 4.79 Å². The first-order valence-corrected chi connectivity index (χ1v) is 8.57. The minimum atomic E-state index is -0.0472. The van der Waals surface area contributed by atoms with Crippen molar-refractivity contribution in [3.63, 3.8) is 0 Å². The Bertz CT molecular complexity index is 637. The molecule has 3 rings (SSSR count). The van der Waals surface area contributed by atoms with Crippen LogP contribution in [0, 0.1) is 0 Å². The molecule has 2 heterocycles. The van der Waals surface area contributed by atoms with Crippen molar-refractivity contribution >= 4 is 23.1 Å². The summed E-state index contributed by atoms with van der Waals surface area (Å²) in [5.41, 5.74) is 0.760. The van der Waals surface area contributed by atoms with Gasteiger partial charge in [-0.05, 0) is 23.6 Å². The molecule has 2 aromatic rings. The quantitative estimate of drug-likeness (QED) is 0.936. The molecular formula is C17H21N3O2S. The average molecular weight is 331 g/mol. The van der Waals surface area contributed by atoms with Crippen molar-refractivity contribution in [2.45, 2.75) is 6.54 Å². The van der Waals surface area contributed by atoms with Crippen molar-refractivity contribution in [1.82, 2.24) is 9.80 Å². The zero-order valence-corrected chi connectivity index (χ0v) is 14.0. The lowest BCUT2D eigenvalue weighted by Gasteiger charge is -2.34. The molecule has 0 bridgehead atoms. The smallest absolute Gasteiger partial charge is 0.321 e. The first-order valence-electron chi connectivity index (χ1n) is 7.69. The number of hydrogen-bond donors (Lipinski definition) is 1. The summed E-state index contributed by atoms with van der Waals surface area (Å²) in [4.78, 5) is 18.0. The van der Waals surface area contributed by atoms with Gasteiger partial charge in [0.2, 0.25) is 0 Å². The van der Waals surface area contributed by atoms with Gasteiger partial charge in [0.25, 0.3) is 0 Å². The van der Waals surface area contributed by atoms with E-state index in [0.29, 0.717) is 0 Å². The van der Waals surface area contributed by atoms with Crippen molar-refractivity contribution in [1.29, 1.82) is 0 Å². The van der Waals surface area contributed by atoms with Crippen LogP contribution >= 0.6 is 11.3 Å². The number of nitrogens with zero attached hydrogens (tertiary/aromatic N) is 2. The standard InChI is InChI=1S/C17H21N3O2S/c1-22-15-5-2-4-14(12-15)18-17(21)20-9-7-19(8-10-20)13-16-6-3-11-23-16/h2-6,11-12H,7-10,13H2,1H3,(H,18,21). The largest absolute Gasteiger partial charge is 0.497 e. The fraction of sp³-hybridized carbons (Fsp3) is 0.353. The molecule has 0 radical (unpaired) electrons. The van der Waals surface area contributed by atoms with E-state index in [-0.39, 0.29) is 6.03 Å². The lowest BCUT2D eigenvalue weighted by atomic mass is 10.3. The zero-order chi connectivity index (χ0) is 16.1. The number of urea groups is 1. The molecule has 0 unspecified atom stereocenters. The maximum atomic E-state index is 12.3. The SMILES string of the molecule is COc1cccc(NC(=O)N2CCN(Cc3cccs3)CC2)c1. The minimum absolute atomic E-state index is 0.0472. The summed E-state index contributed by atoms with van der Waals surface area (Å²) >= 11 is 1.78. The molecule has 0 aliphatic carbocycles. The van der Waals surface area contributed by atoms with E-state index in [2.05, 4.69) is 27.7 Å². The summed E-state index contributed by atoms with van der Waals surface area (Å²) < 4.78 is 5.18. The third-order valence-electron chi connectivity index (χ3n) is 3.94. The number of nitrogens with one attached hydrogen (secondary N) is 1. The molecule has 1 aliphatic rings. The van der Waals surface area contributed by atoms with Crippen molar-refractivity contribution in [2.75, 3.05) is 38.6 Å². The number of thiophene rings is 1. The van der Waals surface area contributed by atoms with Crippen LogP contribution < -0.4 is 10.1 Å².